The molecule has 1 aliphatic heterocycles. The molecule has 0 saturated carbocycles. The van der Waals surface area contributed by atoms with Crippen molar-refractivity contribution in [2.45, 2.75) is 37.2 Å². The predicted octanol–water partition coefficient (Wildman–Crippen LogP) is 2.11. The van der Waals surface area contributed by atoms with E-state index in [1.807, 2.05) is 41.9 Å². The Kier molecular flexibility index (Phi) is 4.91. The van der Waals surface area contributed by atoms with Crippen molar-refractivity contribution in [3.8, 4) is 0 Å². The third kappa shape index (κ3) is 3.53. The quantitative estimate of drug-likeness (QED) is 0.714. The molecule has 1 unspecified atom stereocenters. The fraction of sp³-hybridized carbons (Fsp3) is 0.300. The second-order valence-electron chi connectivity index (χ2n) is 7.00. The maximum atomic E-state index is 13.0. The topological polar surface area (TPSA) is 83.8 Å². The number of hydrogen-bond acceptors (Lipinski definition) is 4. The van der Waals surface area contributed by atoms with Crippen LogP contribution in [0.2, 0.25) is 0 Å². The van der Waals surface area contributed by atoms with Crippen LogP contribution in [0.25, 0.3) is 5.65 Å². The number of fused-ring (bicyclic) bond motifs is 1. The van der Waals surface area contributed by atoms with Gasteiger partial charge < -0.3 is 9.72 Å². The summed E-state index contributed by atoms with van der Waals surface area (Å²) in [5.41, 5.74) is 2.52. The summed E-state index contributed by atoms with van der Waals surface area (Å²) in [5.74, 6) is -0.287. The smallest absolute Gasteiger partial charge is 0.243 e. The van der Waals surface area contributed by atoms with Crippen molar-refractivity contribution in [2.24, 2.45) is 0 Å². The van der Waals surface area contributed by atoms with Crippen molar-refractivity contribution < 1.29 is 13.2 Å². The number of nitrogens with one attached hydrogen (secondary N) is 1. The Bertz CT molecular complexity index is 1070. The maximum Gasteiger partial charge on any atom is 0.243 e. The first-order valence-corrected chi connectivity index (χ1v) is 10.7. The Labute approximate surface area is 164 Å². The van der Waals surface area contributed by atoms with E-state index in [1.165, 1.54) is 4.31 Å². The Morgan fingerprint density at radius 1 is 1.21 bits per heavy atom. The van der Waals surface area contributed by atoms with Gasteiger partial charge in [0, 0.05) is 18.9 Å². The molecule has 1 atom stereocenters. The van der Waals surface area contributed by atoms with Crippen molar-refractivity contribution in [1.82, 2.24) is 19.0 Å². The van der Waals surface area contributed by atoms with E-state index >= 15 is 0 Å². The van der Waals surface area contributed by atoms with E-state index in [4.69, 9.17) is 0 Å². The molecule has 1 amide bonds. The zero-order valence-electron chi connectivity index (χ0n) is 15.6. The second-order valence-corrected chi connectivity index (χ2v) is 8.89. The van der Waals surface area contributed by atoms with E-state index in [1.54, 1.807) is 24.3 Å². The first kappa shape index (κ1) is 18.6. The highest BCUT2D eigenvalue weighted by molar-refractivity contribution is 7.89. The highest BCUT2D eigenvalue weighted by Crippen LogP contribution is 2.26. The molecule has 1 aromatic carbocycles. The molecule has 0 aliphatic carbocycles. The molecule has 146 valence electrons. The van der Waals surface area contributed by atoms with E-state index in [0.29, 0.717) is 19.4 Å². The third-order valence-electron chi connectivity index (χ3n) is 4.99. The molecule has 1 N–H and O–H groups in total. The van der Waals surface area contributed by atoms with Crippen molar-refractivity contribution >= 4 is 21.6 Å². The van der Waals surface area contributed by atoms with Crippen LogP contribution < -0.4 is 5.32 Å². The van der Waals surface area contributed by atoms with Gasteiger partial charge in [0.15, 0.2) is 0 Å². The number of imidazole rings is 1. The van der Waals surface area contributed by atoms with Crippen LogP contribution >= 0.6 is 0 Å². The average Bonchev–Trinajstić information content (AvgIpc) is 3.33. The number of hydrogen-bond donors (Lipinski definition) is 1. The number of pyridine rings is 1. The van der Waals surface area contributed by atoms with Gasteiger partial charge >= 0.3 is 0 Å². The number of carbonyl (C=O) groups excluding carboxylic acids is 1. The standard InChI is InChI=1S/C20H22N4O3S/c1-15-7-9-17(10-8-15)28(26,27)24-12-4-5-18(24)20(25)21-13-16-14-23-11-3-2-6-19(23)22-16/h2-3,6-11,14,18H,4-5,12-13H2,1H3,(H,21,25). The summed E-state index contributed by atoms with van der Waals surface area (Å²) in [6.45, 7) is 2.51. The van der Waals surface area contributed by atoms with E-state index in [2.05, 4.69) is 10.3 Å². The summed E-state index contributed by atoms with van der Waals surface area (Å²) >= 11 is 0. The van der Waals surface area contributed by atoms with Crippen molar-refractivity contribution in [3.05, 3.63) is 66.1 Å². The second kappa shape index (κ2) is 7.37. The van der Waals surface area contributed by atoms with Gasteiger partial charge in [-0.1, -0.05) is 23.8 Å². The third-order valence-corrected chi connectivity index (χ3v) is 6.91. The van der Waals surface area contributed by atoms with Crippen LogP contribution in [0, 0.1) is 6.92 Å². The SMILES string of the molecule is Cc1ccc(S(=O)(=O)N2CCCC2C(=O)NCc2cn3ccccc3n2)cc1. The lowest BCUT2D eigenvalue weighted by molar-refractivity contribution is -0.124. The fourth-order valence-corrected chi connectivity index (χ4v) is 5.16. The summed E-state index contributed by atoms with van der Waals surface area (Å²) in [5, 5.41) is 2.84. The van der Waals surface area contributed by atoms with Crippen molar-refractivity contribution in [2.75, 3.05) is 6.54 Å². The molecule has 0 radical (unpaired) electrons. The summed E-state index contributed by atoms with van der Waals surface area (Å²) in [7, 11) is -3.70. The lowest BCUT2D eigenvalue weighted by Crippen LogP contribution is -2.45. The predicted molar refractivity (Wildman–Crippen MR) is 105 cm³/mol. The molecule has 7 nitrogen and oxygen atoms in total. The molecule has 3 aromatic rings. The highest BCUT2D eigenvalue weighted by Gasteiger charge is 2.39. The van der Waals surface area contributed by atoms with E-state index in [9.17, 15) is 13.2 Å². The maximum absolute atomic E-state index is 13.0. The first-order valence-electron chi connectivity index (χ1n) is 9.24. The molecule has 2 aromatic heterocycles. The van der Waals surface area contributed by atoms with Crippen LogP contribution in [-0.4, -0.2) is 40.6 Å². The molecule has 1 fully saturated rings. The van der Waals surface area contributed by atoms with Gasteiger partial charge in [0.2, 0.25) is 15.9 Å². The molecule has 1 aliphatic rings. The molecule has 3 heterocycles. The number of aryl methyl sites for hydroxylation is 1. The zero-order valence-corrected chi connectivity index (χ0v) is 16.4. The molecule has 1 saturated heterocycles. The normalized spacial score (nSPS) is 17.8. The monoisotopic (exact) mass is 398 g/mol. The number of rotatable bonds is 5. The van der Waals surface area contributed by atoms with E-state index in [0.717, 1.165) is 16.9 Å². The largest absolute Gasteiger partial charge is 0.349 e. The summed E-state index contributed by atoms with van der Waals surface area (Å²) < 4.78 is 29.2. The number of aromatic nitrogens is 2. The number of nitrogens with zero attached hydrogens (tertiary/aromatic N) is 3. The van der Waals surface area contributed by atoms with Gasteiger partial charge in [-0.05, 0) is 44.0 Å². The van der Waals surface area contributed by atoms with Gasteiger partial charge in [0.05, 0.1) is 17.1 Å². The molecule has 4 rings (SSSR count). The van der Waals surface area contributed by atoms with Crippen molar-refractivity contribution in [1.29, 1.82) is 0 Å². The number of benzene rings is 1. The minimum atomic E-state index is -3.70. The lowest BCUT2D eigenvalue weighted by Gasteiger charge is -2.23. The van der Waals surface area contributed by atoms with Crippen LogP contribution in [0.5, 0.6) is 0 Å². The molecule has 28 heavy (non-hydrogen) atoms. The van der Waals surface area contributed by atoms with Crippen LogP contribution in [0.4, 0.5) is 0 Å². The molecule has 0 bridgehead atoms. The number of amides is 1. The lowest BCUT2D eigenvalue weighted by atomic mass is 10.2. The highest BCUT2D eigenvalue weighted by atomic mass is 32.2. The van der Waals surface area contributed by atoms with Gasteiger partial charge in [0.25, 0.3) is 0 Å². The first-order chi connectivity index (χ1) is 13.4. The van der Waals surface area contributed by atoms with E-state index < -0.39 is 16.1 Å². The Balaban J connectivity index is 1.47. The van der Waals surface area contributed by atoms with Crippen LogP contribution in [-0.2, 0) is 21.4 Å². The molecule has 0 spiro atoms. The summed E-state index contributed by atoms with van der Waals surface area (Å²) in [6.07, 6.45) is 4.92. The summed E-state index contributed by atoms with van der Waals surface area (Å²) in [4.78, 5) is 17.4. The van der Waals surface area contributed by atoms with Crippen LogP contribution in [0.1, 0.15) is 24.1 Å². The van der Waals surface area contributed by atoms with Gasteiger partial charge in [-0.15, -0.1) is 0 Å². The minimum Gasteiger partial charge on any atom is -0.349 e. The van der Waals surface area contributed by atoms with E-state index in [-0.39, 0.29) is 17.3 Å². The van der Waals surface area contributed by atoms with Crippen LogP contribution in [0.15, 0.2) is 59.8 Å². The minimum absolute atomic E-state index is 0.221. The van der Waals surface area contributed by atoms with Gasteiger partial charge in [-0.3, -0.25) is 4.79 Å². The molecular formula is C20H22N4O3S. The number of carbonyl (C=O) groups is 1. The fourth-order valence-electron chi connectivity index (χ4n) is 3.50. The van der Waals surface area contributed by atoms with Gasteiger partial charge in [-0.2, -0.15) is 4.31 Å². The van der Waals surface area contributed by atoms with Crippen LogP contribution in [0.3, 0.4) is 0 Å². The Morgan fingerprint density at radius 2 is 2.00 bits per heavy atom. The summed E-state index contributed by atoms with van der Waals surface area (Å²) in [6, 6.07) is 11.7. The molecule has 8 heteroatoms. The number of sulfonamides is 1. The zero-order chi connectivity index (χ0) is 19.7. The molecular weight excluding hydrogens is 376 g/mol. The van der Waals surface area contributed by atoms with Gasteiger partial charge in [0.1, 0.15) is 11.7 Å². The van der Waals surface area contributed by atoms with Gasteiger partial charge in [-0.25, -0.2) is 13.4 Å². The average molecular weight is 398 g/mol. The Hall–Kier alpha value is -2.71. The Morgan fingerprint density at radius 3 is 2.75 bits per heavy atom. The van der Waals surface area contributed by atoms with Crippen molar-refractivity contribution in [3.63, 3.8) is 0 Å².